The van der Waals surface area contributed by atoms with E-state index in [2.05, 4.69) is 5.32 Å². The van der Waals surface area contributed by atoms with Crippen molar-refractivity contribution in [2.24, 2.45) is 0 Å². The molecule has 1 aliphatic rings. The second-order valence-electron chi connectivity index (χ2n) is 3.26. The summed E-state index contributed by atoms with van der Waals surface area (Å²) in [4.78, 5) is 0. The van der Waals surface area contributed by atoms with Crippen LogP contribution in [0.25, 0.3) is 0 Å². The predicted octanol–water partition coefficient (Wildman–Crippen LogP) is 1.44. The lowest BCUT2D eigenvalue weighted by atomic mass is 9.93. The lowest BCUT2D eigenvalue weighted by Gasteiger charge is -2.29. The summed E-state index contributed by atoms with van der Waals surface area (Å²) in [6, 6.07) is 4.36. The van der Waals surface area contributed by atoms with Crippen LogP contribution >= 0.6 is 0 Å². The lowest BCUT2D eigenvalue weighted by Crippen LogP contribution is -2.35. The molecule has 1 fully saturated rings. The summed E-state index contributed by atoms with van der Waals surface area (Å²) < 4.78 is 13.0. The summed E-state index contributed by atoms with van der Waals surface area (Å²) in [5.74, 6) is -1.08. The molecule has 4 heteroatoms. The highest BCUT2D eigenvalue weighted by atomic mass is 19.1. The zero-order chi connectivity index (χ0) is 10.1. The van der Waals surface area contributed by atoms with Crippen LogP contribution in [0.3, 0.4) is 0 Å². The molecule has 1 aromatic carbocycles. The van der Waals surface area contributed by atoms with E-state index in [4.69, 9.17) is 5.26 Å². The average molecular weight is 192 g/mol. The molecule has 1 heterocycles. The number of hydrogen-bond acceptors (Lipinski definition) is 3. The zero-order valence-corrected chi connectivity index (χ0v) is 7.42. The fraction of sp³-hybridized carbons (Fsp3) is 0.300. The first kappa shape index (κ1) is 8.97. The molecule has 2 N–H and O–H groups in total. The minimum atomic E-state index is -0.673. The van der Waals surface area contributed by atoms with Gasteiger partial charge in [0.2, 0.25) is 0 Å². The van der Waals surface area contributed by atoms with Gasteiger partial charge in [-0.2, -0.15) is 5.26 Å². The Labute approximate surface area is 80.8 Å². The maximum absolute atomic E-state index is 13.0. The van der Waals surface area contributed by atoms with E-state index in [-0.39, 0.29) is 6.04 Å². The van der Waals surface area contributed by atoms with E-state index in [0.717, 1.165) is 19.0 Å². The first-order valence-corrected chi connectivity index (χ1v) is 4.39. The van der Waals surface area contributed by atoms with Crippen LogP contribution in [0.2, 0.25) is 0 Å². The molecule has 1 saturated heterocycles. The number of phenolic OH excluding ortho intramolecular Hbond substituents is 1. The minimum absolute atomic E-state index is 0.0830. The molecule has 0 aliphatic carbocycles. The molecule has 0 saturated carbocycles. The highest BCUT2D eigenvalue weighted by Gasteiger charge is 2.26. The fourth-order valence-corrected chi connectivity index (χ4v) is 1.57. The monoisotopic (exact) mass is 192 g/mol. The van der Waals surface area contributed by atoms with Gasteiger partial charge in [-0.1, -0.05) is 0 Å². The molecule has 0 radical (unpaired) electrons. The average Bonchev–Trinajstić information content (AvgIpc) is 2.10. The number of aromatic hydroxyl groups is 1. The van der Waals surface area contributed by atoms with Crippen molar-refractivity contribution in [1.82, 2.24) is 5.32 Å². The molecule has 0 bridgehead atoms. The molecule has 0 amide bonds. The summed E-state index contributed by atoms with van der Waals surface area (Å²) in [7, 11) is 0. The molecule has 1 aliphatic heterocycles. The zero-order valence-electron chi connectivity index (χ0n) is 7.42. The quantitative estimate of drug-likeness (QED) is 0.707. The summed E-state index contributed by atoms with van der Waals surface area (Å²) in [6.45, 7) is 0.839. The van der Waals surface area contributed by atoms with Crippen LogP contribution in [0.4, 0.5) is 4.39 Å². The third-order valence-corrected chi connectivity index (χ3v) is 2.46. The van der Waals surface area contributed by atoms with Crippen molar-refractivity contribution >= 4 is 0 Å². The highest BCUT2D eigenvalue weighted by Crippen LogP contribution is 2.34. The van der Waals surface area contributed by atoms with Crippen LogP contribution in [0.15, 0.2) is 12.1 Å². The fourth-order valence-electron chi connectivity index (χ4n) is 1.57. The van der Waals surface area contributed by atoms with E-state index < -0.39 is 11.6 Å². The highest BCUT2D eigenvalue weighted by molar-refractivity contribution is 5.49. The molecular weight excluding hydrogens is 183 g/mol. The van der Waals surface area contributed by atoms with Crippen molar-refractivity contribution in [2.45, 2.75) is 12.5 Å². The van der Waals surface area contributed by atoms with Gasteiger partial charge in [0.25, 0.3) is 0 Å². The van der Waals surface area contributed by atoms with Crippen molar-refractivity contribution < 1.29 is 9.50 Å². The Bertz CT molecular complexity index is 407. The molecule has 2 rings (SSSR count). The lowest BCUT2D eigenvalue weighted by molar-refractivity contribution is 0.354. The van der Waals surface area contributed by atoms with Gasteiger partial charge < -0.3 is 10.4 Å². The van der Waals surface area contributed by atoms with Gasteiger partial charge in [-0.05, 0) is 25.1 Å². The van der Waals surface area contributed by atoms with E-state index in [0.29, 0.717) is 11.1 Å². The summed E-state index contributed by atoms with van der Waals surface area (Å²) >= 11 is 0. The van der Waals surface area contributed by atoms with E-state index >= 15 is 0 Å². The van der Waals surface area contributed by atoms with Gasteiger partial charge in [-0.25, -0.2) is 4.39 Å². The first-order valence-electron chi connectivity index (χ1n) is 4.39. The second kappa shape index (κ2) is 3.28. The number of halogens is 1. The van der Waals surface area contributed by atoms with Crippen LogP contribution in [0, 0.1) is 17.1 Å². The number of rotatable bonds is 1. The largest absolute Gasteiger partial charge is 0.505 e. The topological polar surface area (TPSA) is 56.0 Å². The van der Waals surface area contributed by atoms with Gasteiger partial charge in [0.1, 0.15) is 0 Å². The molecule has 0 aromatic heterocycles. The van der Waals surface area contributed by atoms with Crippen molar-refractivity contribution in [3.63, 3.8) is 0 Å². The summed E-state index contributed by atoms with van der Waals surface area (Å²) in [5, 5.41) is 21.3. The molecule has 3 nitrogen and oxygen atoms in total. The normalized spacial score (nSPS) is 19.9. The number of hydrogen-bond donors (Lipinski definition) is 2. The number of nitrogens with zero attached hydrogens (tertiary/aromatic N) is 1. The van der Waals surface area contributed by atoms with Gasteiger partial charge in [0.15, 0.2) is 11.6 Å². The number of phenols is 1. The van der Waals surface area contributed by atoms with E-state index in [1.165, 1.54) is 6.07 Å². The van der Waals surface area contributed by atoms with Crippen LogP contribution < -0.4 is 5.32 Å². The smallest absolute Gasteiger partial charge is 0.165 e. The Hall–Kier alpha value is -1.60. The molecule has 14 heavy (non-hydrogen) atoms. The molecule has 0 unspecified atom stereocenters. The number of nitriles is 1. The Morgan fingerprint density at radius 2 is 2.29 bits per heavy atom. The van der Waals surface area contributed by atoms with E-state index in [1.807, 2.05) is 6.07 Å². The van der Waals surface area contributed by atoms with Gasteiger partial charge in [0.05, 0.1) is 11.6 Å². The SMILES string of the molecule is N#Cc1ccc(F)c(O)c1[C@@H]1CCN1. The third kappa shape index (κ3) is 1.22. The Morgan fingerprint density at radius 3 is 2.79 bits per heavy atom. The Morgan fingerprint density at radius 1 is 1.57 bits per heavy atom. The van der Waals surface area contributed by atoms with Crippen LogP contribution in [-0.4, -0.2) is 11.7 Å². The summed E-state index contributed by atoms with van der Waals surface area (Å²) in [5.41, 5.74) is 0.722. The Kier molecular flexibility index (Phi) is 2.10. The standard InChI is InChI=1S/C10H9FN2O/c11-7-2-1-6(5-12)9(10(7)14)8-3-4-13-8/h1-2,8,13-14H,3-4H2/t8-/m0/s1. The van der Waals surface area contributed by atoms with Crippen molar-refractivity contribution in [2.75, 3.05) is 6.54 Å². The number of benzene rings is 1. The predicted molar refractivity (Wildman–Crippen MR) is 48.1 cm³/mol. The number of nitrogens with one attached hydrogen (secondary N) is 1. The van der Waals surface area contributed by atoms with Gasteiger partial charge >= 0.3 is 0 Å². The van der Waals surface area contributed by atoms with Gasteiger partial charge in [-0.3, -0.25) is 0 Å². The molecular formula is C10H9FN2O. The van der Waals surface area contributed by atoms with E-state index in [9.17, 15) is 9.50 Å². The minimum Gasteiger partial charge on any atom is -0.505 e. The van der Waals surface area contributed by atoms with E-state index in [1.54, 1.807) is 0 Å². The van der Waals surface area contributed by atoms with Crippen LogP contribution in [0.5, 0.6) is 5.75 Å². The molecule has 72 valence electrons. The van der Waals surface area contributed by atoms with Crippen LogP contribution in [0.1, 0.15) is 23.6 Å². The van der Waals surface area contributed by atoms with Crippen molar-refractivity contribution in [3.8, 4) is 11.8 Å². The molecule has 0 spiro atoms. The van der Waals surface area contributed by atoms with Gasteiger partial charge in [0, 0.05) is 11.6 Å². The second-order valence-corrected chi connectivity index (χ2v) is 3.26. The summed E-state index contributed by atoms with van der Waals surface area (Å²) in [6.07, 6.45) is 0.825. The maximum atomic E-state index is 13.0. The Balaban J connectivity index is 2.53. The molecule has 1 aromatic rings. The third-order valence-electron chi connectivity index (χ3n) is 2.46. The van der Waals surface area contributed by atoms with Crippen LogP contribution in [-0.2, 0) is 0 Å². The van der Waals surface area contributed by atoms with Crippen molar-refractivity contribution in [3.05, 3.63) is 29.1 Å². The molecule has 1 atom stereocenters. The van der Waals surface area contributed by atoms with Crippen molar-refractivity contribution in [1.29, 1.82) is 5.26 Å². The maximum Gasteiger partial charge on any atom is 0.165 e. The first-order chi connectivity index (χ1) is 6.74. The van der Waals surface area contributed by atoms with Gasteiger partial charge in [-0.15, -0.1) is 0 Å².